The highest BCUT2D eigenvalue weighted by Gasteiger charge is 2.17. The Bertz CT molecular complexity index is 681. The molecule has 6 nitrogen and oxygen atoms in total. The second kappa shape index (κ2) is 4.58. The Kier molecular flexibility index (Phi) is 3.27. The van der Waals surface area contributed by atoms with Gasteiger partial charge in [0.2, 0.25) is 0 Å². The van der Waals surface area contributed by atoms with Gasteiger partial charge < -0.3 is 4.74 Å². The minimum Gasteiger partial charge on any atom is -0.496 e. The van der Waals surface area contributed by atoms with Crippen molar-refractivity contribution in [2.24, 2.45) is 0 Å². The third-order valence-electron chi connectivity index (χ3n) is 2.36. The lowest BCUT2D eigenvalue weighted by Gasteiger charge is -2.05. The molecular weight excluding hydrogens is 278 g/mol. The summed E-state index contributed by atoms with van der Waals surface area (Å²) in [5.41, 5.74) is 1.60. The molecule has 0 aliphatic heterocycles. The second-order valence-electron chi connectivity index (χ2n) is 3.59. The van der Waals surface area contributed by atoms with Crippen LogP contribution in [-0.4, -0.2) is 30.7 Å². The van der Waals surface area contributed by atoms with Crippen LogP contribution < -0.4 is 4.74 Å². The topological polar surface area (TPSA) is 84.9 Å². The number of hydrogen-bond acceptors (Lipinski definition) is 5. The fourth-order valence-electron chi connectivity index (χ4n) is 1.44. The lowest BCUT2D eigenvalue weighted by molar-refractivity contribution is 0.412. The molecule has 0 unspecified atom stereocenters. The van der Waals surface area contributed by atoms with Crippen LogP contribution in [0.2, 0.25) is 0 Å². The van der Waals surface area contributed by atoms with E-state index in [-0.39, 0.29) is 11.0 Å². The number of aromatic nitrogens is 3. The number of methoxy groups -OCH3 is 1. The number of aromatic amines is 1. The third-order valence-corrected chi connectivity index (χ3v) is 3.45. The monoisotopic (exact) mass is 287 g/mol. The predicted molar refractivity (Wildman–Crippen MR) is 66.1 cm³/mol. The summed E-state index contributed by atoms with van der Waals surface area (Å²) in [7, 11) is 2.81. The van der Waals surface area contributed by atoms with Gasteiger partial charge in [-0.05, 0) is 18.6 Å². The molecule has 2 aromatic rings. The van der Waals surface area contributed by atoms with Gasteiger partial charge in [-0.2, -0.15) is 10.1 Å². The van der Waals surface area contributed by atoms with Crippen LogP contribution in [0, 0.1) is 6.92 Å². The number of nitrogens with zero attached hydrogens (tertiary/aromatic N) is 2. The largest absolute Gasteiger partial charge is 0.496 e. The van der Waals surface area contributed by atoms with Gasteiger partial charge in [0.25, 0.3) is 14.2 Å². The fraction of sp³-hybridized carbons (Fsp3) is 0.200. The Morgan fingerprint density at radius 1 is 1.39 bits per heavy atom. The SMILES string of the molecule is COc1cc(-c2n[nH]c(S(=O)(=O)Cl)n2)ccc1C. The van der Waals surface area contributed by atoms with Crippen molar-refractivity contribution in [2.45, 2.75) is 12.1 Å². The van der Waals surface area contributed by atoms with Crippen molar-refractivity contribution >= 4 is 19.7 Å². The molecular formula is C10H10ClN3O3S. The molecule has 0 aliphatic carbocycles. The molecule has 1 N–H and O–H groups in total. The minimum atomic E-state index is -3.90. The molecule has 0 saturated heterocycles. The van der Waals surface area contributed by atoms with Crippen LogP contribution in [0.5, 0.6) is 5.75 Å². The van der Waals surface area contributed by atoms with Gasteiger partial charge in [-0.1, -0.05) is 12.1 Å². The molecule has 0 spiro atoms. The number of hydrogen-bond donors (Lipinski definition) is 1. The van der Waals surface area contributed by atoms with Crippen molar-refractivity contribution in [3.05, 3.63) is 23.8 Å². The first-order valence-corrected chi connectivity index (χ1v) is 7.25. The first-order valence-electron chi connectivity index (χ1n) is 4.94. The quantitative estimate of drug-likeness (QED) is 0.869. The van der Waals surface area contributed by atoms with Gasteiger partial charge in [0.05, 0.1) is 7.11 Å². The van der Waals surface area contributed by atoms with E-state index in [0.717, 1.165) is 5.56 Å². The van der Waals surface area contributed by atoms with Crippen LogP contribution in [0.25, 0.3) is 11.4 Å². The summed E-state index contributed by atoms with van der Waals surface area (Å²) < 4.78 is 27.3. The Morgan fingerprint density at radius 2 is 2.11 bits per heavy atom. The molecule has 8 heteroatoms. The van der Waals surface area contributed by atoms with E-state index in [9.17, 15) is 8.42 Å². The summed E-state index contributed by atoms with van der Waals surface area (Å²) in [6, 6.07) is 5.33. The highest BCUT2D eigenvalue weighted by molar-refractivity contribution is 8.13. The lowest BCUT2D eigenvalue weighted by Crippen LogP contribution is -1.93. The maximum Gasteiger partial charge on any atom is 0.296 e. The average Bonchev–Trinajstić information content (AvgIpc) is 2.78. The summed E-state index contributed by atoms with van der Waals surface area (Å²) in [4.78, 5) is 3.81. The number of rotatable bonds is 3. The first kappa shape index (κ1) is 12.8. The Morgan fingerprint density at radius 3 is 2.67 bits per heavy atom. The second-order valence-corrected chi connectivity index (χ2v) is 6.07. The molecule has 2 rings (SSSR count). The number of nitrogens with one attached hydrogen (secondary N) is 1. The average molecular weight is 288 g/mol. The summed E-state index contributed by atoms with van der Waals surface area (Å²) in [6.45, 7) is 1.90. The van der Waals surface area contributed by atoms with E-state index in [1.807, 2.05) is 13.0 Å². The third kappa shape index (κ3) is 2.46. The van der Waals surface area contributed by atoms with E-state index in [4.69, 9.17) is 15.4 Å². The van der Waals surface area contributed by atoms with E-state index in [0.29, 0.717) is 11.3 Å². The van der Waals surface area contributed by atoms with Crippen LogP contribution in [0.4, 0.5) is 0 Å². The van der Waals surface area contributed by atoms with Crippen LogP contribution in [0.3, 0.4) is 0 Å². The van der Waals surface area contributed by atoms with E-state index in [1.54, 1.807) is 19.2 Å². The minimum absolute atomic E-state index is 0.243. The molecule has 1 aromatic heterocycles. The van der Waals surface area contributed by atoms with Crippen molar-refractivity contribution in [1.29, 1.82) is 0 Å². The summed E-state index contributed by atoms with van der Waals surface area (Å²) in [5, 5.41) is 5.70. The summed E-state index contributed by atoms with van der Waals surface area (Å²) in [5.74, 6) is 0.917. The zero-order valence-corrected chi connectivity index (χ0v) is 11.2. The number of halogens is 1. The molecule has 0 saturated carbocycles. The van der Waals surface area contributed by atoms with Gasteiger partial charge in [0.15, 0.2) is 5.82 Å². The van der Waals surface area contributed by atoms with Gasteiger partial charge in [-0.25, -0.2) is 13.5 Å². The summed E-state index contributed by atoms with van der Waals surface area (Å²) >= 11 is 0. The van der Waals surface area contributed by atoms with E-state index in [1.165, 1.54) is 0 Å². The Labute approximate surface area is 108 Å². The van der Waals surface area contributed by atoms with Gasteiger partial charge in [-0.15, -0.1) is 0 Å². The molecule has 1 heterocycles. The highest BCUT2D eigenvalue weighted by Crippen LogP contribution is 2.25. The number of H-pyrrole nitrogens is 1. The molecule has 0 atom stereocenters. The van der Waals surface area contributed by atoms with Crippen molar-refractivity contribution in [1.82, 2.24) is 15.2 Å². The molecule has 0 fully saturated rings. The molecule has 0 bridgehead atoms. The molecule has 0 amide bonds. The number of aryl methyl sites for hydroxylation is 1. The first-order chi connectivity index (χ1) is 8.41. The number of benzene rings is 1. The molecule has 18 heavy (non-hydrogen) atoms. The van der Waals surface area contributed by atoms with E-state index < -0.39 is 9.05 Å². The highest BCUT2D eigenvalue weighted by atomic mass is 35.7. The van der Waals surface area contributed by atoms with Gasteiger partial charge in [-0.3, -0.25) is 0 Å². The molecule has 96 valence electrons. The van der Waals surface area contributed by atoms with Crippen molar-refractivity contribution in [3.8, 4) is 17.1 Å². The molecule has 0 aliphatic rings. The van der Waals surface area contributed by atoms with Gasteiger partial charge in [0.1, 0.15) is 5.75 Å². The normalized spacial score (nSPS) is 11.5. The fourth-order valence-corrected chi connectivity index (χ4v) is 2.00. The molecule has 1 aromatic carbocycles. The smallest absolute Gasteiger partial charge is 0.296 e. The van der Waals surface area contributed by atoms with E-state index in [2.05, 4.69) is 15.2 Å². The van der Waals surface area contributed by atoms with Gasteiger partial charge in [0, 0.05) is 16.2 Å². The Balaban J connectivity index is 2.46. The predicted octanol–water partition coefficient (Wildman–Crippen LogP) is 1.72. The lowest BCUT2D eigenvalue weighted by atomic mass is 10.1. The van der Waals surface area contributed by atoms with Gasteiger partial charge >= 0.3 is 0 Å². The standard InChI is InChI=1S/C10H10ClN3O3S/c1-6-3-4-7(5-8(6)17-2)9-12-10(14-13-9)18(11,15)16/h3-5H,1-2H3,(H,12,13,14). The maximum atomic E-state index is 11.1. The maximum absolute atomic E-state index is 11.1. The van der Waals surface area contributed by atoms with Crippen LogP contribution >= 0.6 is 10.7 Å². The van der Waals surface area contributed by atoms with Crippen LogP contribution in [0.1, 0.15) is 5.56 Å². The number of ether oxygens (including phenoxy) is 1. The Hall–Kier alpha value is -1.60. The van der Waals surface area contributed by atoms with Crippen molar-refractivity contribution in [3.63, 3.8) is 0 Å². The van der Waals surface area contributed by atoms with Crippen molar-refractivity contribution in [2.75, 3.05) is 7.11 Å². The van der Waals surface area contributed by atoms with Crippen molar-refractivity contribution < 1.29 is 13.2 Å². The van der Waals surface area contributed by atoms with E-state index >= 15 is 0 Å². The van der Waals surface area contributed by atoms with Crippen LogP contribution in [-0.2, 0) is 9.05 Å². The van der Waals surface area contributed by atoms with Crippen LogP contribution in [0.15, 0.2) is 23.4 Å². The zero-order valence-electron chi connectivity index (χ0n) is 9.64. The molecule has 0 radical (unpaired) electrons. The summed E-state index contributed by atoms with van der Waals surface area (Å²) in [6.07, 6.45) is 0. The zero-order chi connectivity index (χ0) is 13.3.